The molecule has 0 saturated heterocycles. The molecular formula is C17H19N5OS. The van der Waals surface area contributed by atoms with Crippen LogP contribution in [0.2, 0.25) is 0 Å². The van der Waals surface area contributed by atoms with Crippen molar-refractivity contribution in [3.05, 3.63) is 53.0 Å². The lowest BCUT2D eigenvalue weighted by Gasteiger charge is -2.07. The first-order chi connectivity index (χ1) is 11.5. The molecule has 0 saturated carbocycles. The molecule has 0 bridgehead atoms. The molecule has 0 aliphatic heterocycles. The third-order valence-corrected chi connectivity index (χ3v) is 4.66. The molecule has 124 valence electrons. The van der Waals surface area contributed by atoms with Gasteiger partial charge in [0.15, 0.2) is 10.8 Å². The van der Waals surface area contributed by atoms with Crippen molar-refractivity contribution in [1.29, 1.82) is 0 Å². The number of rotatable bonds is 5. The number of nitrogens with zero attached hydrogens (tertiary/aromatic N) is 4. The number of carbonyl (C=O) groups excluding carboxylic acids is 1. The van der Waals surface area contributed by atoms with Gasteiger partial charge < -0.3 is 5.32 Å². The summed E-state index contributed by atoms with van der Waals surface area (Å²) < 4.78 is 1.87. The number of nitrogens with one attached hydrogen (secondary N) is 1. The van der Waals surface area contributed by atoms with Gasteiger partial charge in [0.2, 0.25) is 5.91 Å². The molecular weight excluding hydrogens is 322 g/mol. The van der Waals surface area contributed by atoms with Gasteiger partial charge in [-0.1, -0.05) is 36.0 Å². The van der Waals surface area contributed by atoms with Crippen LogP contribution in [0.25, 0.3) is 5.65 Å². The summed E-state index contributed by atoms with van der Waals surface area (Å²) in [7, 11) is 0. The van der Waals surface area contributed by atoms with E-state index in [1.807, 2.05) is 55.5 Å². The number of hydrogen-bond donors (Lipinski definition) is 1. The van der Waals surface area contributed by atoms with E-state index in [-0.39, 0.29) is 5.91 Å². The Kier molecular flexibility index (Phi) is 4.80. The zero-order valence-electron chi connectivity index (χ0n) is 13.9. The Morgan fingerprint density at radius 3 is 2.79 bits per heavy atom. The lowest BCUT2D eigenvalue weighted by molar-refractivity contribution is -0.118. The summed E-state index contributed by atoms with van der Waals surface area (Å²) in [4.78, 5) is 16.5. The van der Waals surface area contributed by atoms with Gasteiger partial charge in [0.1, 0.15) is 5.82 Å². The molecule has 2 heterocycles. The molecule has 1 N–H and O–H groups in total. The second kappa shape index (κ2) is 7.00. The topological polar surface area (TPSA) is 72.2 Å². The van der Waals surface area contributed by atoms with Gasteiger partial charge in [-0.3, -0.25) is 9.20 Å². The van der Waals surface area contributed by atoms with E-state index in [1.54, 1.807) is 0 Å². The van der Waals surface area contributed by atoms with Crippen LogP contribution in [-0.4, -0.2) is 31.2 Å². The molecule has 2 aromatic heterocycles. The monoisotopic (exact) mass is 341 g/mol. The summed E-state index contributed by atoms with van der Waals surface area (Å²) in [6, 6.07) is 9.90. The average Bonchev–Trinajstić information content (AvgIpc) is 2.95. The van der Waals surface area contributed by atoms with Crippen molar-refractivity contribution >= 4 is 23.3 Å². The van der Waals surface area contributed by atoms with Crippen molar-refractivity contribution in [2.45, 2.75) is 32.5 Å². The quantitative estimate of drug-likeness (QED) is 0.722. The minimum atomic E-state index is -0.0299. The van der Waals surface area contributed by atoms with Crippen LogP contribution < -0.4 is 5.32 Å². The zero-order valence-corrected chi connectivity index (χ0v) is 14.7. The van der Waals surface area contributed by atoms with Crippen LogP contribution in [0.1, 0.15) is 22.6 Å². The van der Waals surface area contributed by atoms with Gasteiger partial charge in [0, 0.05) is 18.3 Å². The highest BCUT2D eigenvalue weighted by atomic mass is 32.2. The van der Waals surface area contributed by atoms with Gasteiger partial charge in [-0.25, -0.2) is 4.98 Å². The Morgan fingerprint density at radius 2 is 2.00 bits per heavy atom. The largest absolute Gasteiger partial charge is 0.351 e. The normalized spacial score (nSPS) is 11.0. The zero-order chi connectivity index (χ0) is 17.1. The van der Waals surface area contributed by atoms with Gasteiger partial charge in [-0.2, -0.15) is 0 Å². The smallest absolute Gasteiger partial charge is 0.230 e. The molecule has 3 aromatic rings. The van der Waals surface area contributed by atoms with Crippen LogP contribution in [0.3, 0.4) is 0 Å². The molecule has 0 aliphatic rings. The van der Waals surface area contributed by atoms with Crippen LogP contribution in [0.4, 0.5) is 0 Å². The first-order valence-corrected chi connectivity index (χ1v) is 8.66. The van der Waals surface area contributed by atoms with Crippen LogP contribution in [-0.2, 0) is 11.3 Å². The maximum Gasteiger partial charge on any atom is 0.230 e. The molecule has 1 aromatic carbocycles. The number of aryl methyl sites for hydroxylation is 3. The lowest BCUT2D eigenvalue weighted by atomic mass is 10.1. The van der Waals surface area contributed by atoms with Gasteiger partial charge in [0.25, 0.3) is 0 Å². The van der Waals surface area contributed by atoms with E-state index in [9.17, 15) is 4.79 Å². The van der Waals surface area contributed by atoms with Crippen molar-refractivity contribution in [1.82, 2.24) is 24.9 Å². The molecule has 0 spiro atoms. The predicted octanol–water partition coefficient (Wildman–Crippen LogP) is 2.46. The molecule has 0 atom stereocenters. The number of amides is 1. The molecule has 1 amide bonds. The summed E-state index contributed by atoms with van der Waals surface area (Å²) in [5, 5.41) is 11.9. The van der Waals surface area contributed by atoms with Crippen molar-refractivity contribution in [3.8, 4) is 0 Å². The first-order valence-electron chi connectivity index (χ1n) is 7.68. The Bertz CT molecular complexity index is 890. The molecule has 24 heavy (non-hydrogen) atoms. The molecule has 3 rings (SSSR count). The molecule has 7 heteroatoms. The lowest BCUT2D eigenvalue weighted by Crippen LogP contribution is -2.25. The van der Waals surface area contributed by atoms with E-state index >= 15 is 0 Å². The van der Waals surface area contributed by atoms with Crippen LogP contribution in [0, 0.1) is 20.8 Å². The van der Waals surface area contributed by atoms with Gasteiger partial charge in [-0.05, 0) is 31.9 Å². The minimum absolute atomic E-state index is 0.0299. The molecule has 6 nitrogen and oxygen atoms in total. The van der Waals surface area contributed by atoms with E-state index in [2.05, 4.69) is 20.5 Å². The minimum Gasteiger partial charge on any atom is -0.351 e. The predicted molar refractivity (Wildman–Crippen MR) is 94.0 cm³/mol. The SMILES string of the molecule is Cc1cc2nnc(SCC(=O)NCc3ccccc3C)n2c(C)n1. The van der Waals surface area contributed by atoms with E-state index in [0.29, 0.717) is 17.5 Å². The highest BCUT2D eigenvalue weighted by Crippen LogP contribution is 2.18. The highest BCUT2D eigenvalue weighted by Gasteiger charge is 2.12. The van der Waals surface area contributed by atoms with E-state index in [1.165, 1.54) is 17.3 Å². The Labute approximate surface area is 144 Å². The molecule has 0 aliphatic carbocycles. The number of thioether (sulfide) groups is 1. The summed E-state index contributed by atoms with van der Waals surface area (Å²) in [6.07, 6.45) is 0. The molecule has 0 fully saturated rings. The van der Waals surface area contributed by atoms with E-state index in [0.717, 1.165) is 22.7 Å². The Morgan fingerprint density at radius 1 is 1.21 bits per heavy atom. The standard InChI is InChI=1S/C17H19N5OS/c1-11-6-4-5-7-14(11)9-18-16(23)10-24-17-21-20-15-8-12(2)19-13(3)22(15)17/h4-8H,9-10H2,1-3H3,(H,18,23). The summed E-state index contributed by atoms with van der Waals surface area (Å²) in [6.45, 7) is 6.40. The van der Waals surface area contributed by atoms with Crippen LogP contribution >= 0.6 is 11.8 Å². The number of hydrogen-bond acceptors (Lipinski definition) is 5. The van der Waals surface area contributed by atoms with Crippen molar-refractivity contribution in [2.24, 2.45) is 0 Å². The Hall–Kier alpha value is -2.41. The second-order valence-electron chi connectivity index (χ2n) is 5.61. The summed E-state index contributed by atoms with van der Waals surface area (Å²) >= 11 is 1.36. The maximum absolute atomic E-state index is 12.1. The fourth-order valence-electron chi connectivity index (χ4n) is 2.48. The van der Waals surface area contributed by atoms with Crippen molar-refractivity contribution in [3.63, 3.8) is 0 Å². The fraction of sp³-hybridized carbons (Fsp3) is 0.294. The number of fused-ring (bicyclic) bond motifs is 1. The van der Waals surface area contributed by atoms with E-state index < -0.39 is 0 Å². The van der Waals surface area contributed by atoms with Gasteiger partial charge in [0.05, 0.1) is 5.75 Å². The fourth-order valence-corrected chi connectivity index (χ4v) is 3.30. The molecule has 0 radical (unpaired) electrons. The summed E-state index contributed by atoms with van der Waals surface area (Å²) in [5.41, 5.74) is 3.95. The highest BCUT2D eigenvalue weighted by molar-refractivity contribution is 7.99. The molecule has 0 unspecified atom stereocenters. The first kappa shape index (κ1) is 16.4. The number of benzene rings is 1. The van der Waals surface area contributed by atoms with Crippen molar-refractivity contribution < 1.29 is 4.79 Å². The van der Waals surface area contributed by atoms with Crippen LogP contribution in [0.5, 0.6) is 0 Å². The van der Waals surface area contributed by atoms with Gasteiger partial charge >= 0.3 is 0 Å². The van der Waals surface area contributed by atoms with Crippen LogP contribution in [0.15, 0.2) is 35.5 Å². The third-order valence-electron chi connectivity index (χ3n) is 3.73. The Balaban J connectivity index is 1.62. The average molecular weight is 341 g/mol. The number of aromatic nitrogens is 4. The second-order valence-corrected chi connectivity index (χ2v) is 6.56. The van der Waals surface area contributed by atoms with E-state index in [4.69, 9.17) is 0 Å². The third kappa shape index (κ3) is 3.56. The summed E-state index contributed by atoms with van der Waals surface area (Å²) in [5.74, 6) is 1.08. The number of carbonyl (C=O) groups is 1. The van der Waals surface area contributed by atoms with Crippen molar-refractivity contribution in [2.75, 3.05) is 5.75 Å². The maximum atomic E-state index is 12.1. The van der Waals surface area contributed by atoms with Gasteiger partial charge in [-0.15, -0.1) is 10.2 Å².